The Balaban J connectivity index is 1.42. The lowest BCUT2D eigenvalue weighted by Gasteiger charge is -2.26. The van der Waals surface area contributed by atoms with E-state index in [2.05, 4.69) is 26.0 Å². The van der Waals surface area contributed by atoms with E-state index in [1.807, 2.05) is 44.2 Å². The minimum absolute atomic E-state index is 0.0684. The Hall–Kier alpha value is -3.61. The van der Waals surface area contributed by atoms with Crippen LogP contribution in [-0.2, 0) is 36.8 Å². The molecule has 2 aromatic rings. The topological polar surface area (TPSA) is 155 Å². The predicted molar refractivity (Wildman–Crippen MR) is 157 cm³/mol. The molecule has 0 spiro atoms. The number of nitrogens with zero attached hydrogens (tertiary/aromatic N) is 2. The van der Waals surface area contributed by atoms with Gasteiger partial charge in [0.1, 0.15) is 17.7 Å². The van der Waals surface area contributed by atoms with Crippen molar-refractivity contribution < 1.29 is 33.2 Å². The zero-order valence-corrected chi connectivity index (χ0v) is 25.4. The third-order valence-electron chi connectivity index (χ3n) is 7.66. The molecule has 1 aromatic carbocycles. The van der Waals surface area contributed by atoms with Gasteiger partial charge in [-0.05, 0) is 31.2 Å². The molecule has 3 heterocycles. The van der Waals surface area contributed by atoms with Gasteiger partial charge in [-0.25, -0.2) is 0 Å². The molecule has 2 aliphatic heterocycles. The monoisotopic (exact) mass is 597 g/mol. The first-order valence-electron chi connectivity index (χ1n) is 15.0. The van der Waals surface area contributed by atoms with Gasteiger partial charge in [0.05, 0.1) is 32.4 Å². The van der Waals surface area contributed by atoms with E-state index >= 15 is 0 Å². The molecule has 0 bridgehead atoms. The van der Waals surface area contributed by atoms with Crippen LogP contribution in [0.4, 0.5) is 0 Å². The van der Waals surface area contributed by atoms with Gasteiger partial charge in [-0.1, -0.05) is 56.3 Å². The van der Waals surface area contributed by atoms with E-state index in [9.17, 15) is 19.2 Å². The number of epoxide rings is 1. The third kappa shape index (κ3) is 9.19. The highest BCUT2D eigenvalue weighted by atomic mass is 16.6. The van der Waals surface area contributed by atoms with E-state index in [-0.39, 0.29) is 30.2 Å². The second kappa shape index (κ2) is 14.7. The van der Waals surface area contributed by atoms with Crippen LogP contribution < -0.4 is 16.0 Å². The largest absolute Gasteiger partial charge is 0.379 e. The van der Waals surface area contributed by atoms with Crippen LogP contribution in [-0.4, -0.2) is 90.2 Å². The second-order valence-corrected chi connectivity index (χ2v) is 11.8. The van der Waals surface area contributed by atoms with E-state index in [0.29, 0.717) is 38.5 Å². The number of morpholine rings is 1. The summed E-state index contributed by atoms with van der Waals surface area (Å²) in [5.74, 6) is -1.05. The molecule has 0 saturated carbocycles. The van der Waals surface area contributed by atoms with Gasteiger partial charge in [-0.15, -0.1) is 0 Å². The van der Waals surface area contributed by atoms with Gasteiger partial charge in [0, 0.05) is 25.6 Å². The van der Waals surface area contributed by atoms with Crippen LogP contribution in [0.1, 0.15) is 62.3 Å². The molecule has 2 fully saturated rings. The zero-order chi connectivity index (χ0) is 31.0. The summed E-state index contributed by atoms with van der Waals surface area (Å²) in [5.41, 5.74) is 0.00441. The Morgan fingerprint density at radius 2 is 1.63 bits per heavy atom. The molecule has 3 N–H and O–H groups in total. The Bertz CT molecular complexity index is 1250. The zero-order valence-electron chi connectivity index (χ0n) is 25.4. The number of rotatable bonds is 15. The maximum atomic E-state index is 13.6. The quantitative estimate of drug-likeness (QED) is 0.260. The Labute approximate surface area is 252 Å². The molecule has 12 heteroatoms. The summed E-state index contributed by atoms with van der Waals surface area (Å²) in [6.45, 7) is 11.0. The number of ether oxygens (including phenoxy) is 2. The highest BCUT2D eigenvalue weighted by Gasteiger charge is 2.50. The van der Waals surface area contributed by atoms with E-state index in [1.165, 1.54) is 0 Å². The molecule has 2 saturated heterocycles. The first-order valence-corrected chi connectivity index (χ1v) is 15.0. The van der Waals surface area contributed by atoms with Crippen LogP contribution in [0.2, 0.25) is 0 Å². The van der Waals surface area contributed by atoms with Gasteiger partial charge in [-0.3, -0.25) is 24.1 Å². The molecule has 234 valence electrons. The highest BCUT2D eigenvalue weighted by Crippen LogP contribution is 2.29. The van der Waals surface area contributed by atoms with Crippen LogP contribution in [0.15, 0.2) is 40.9 Å². The molecular formula is C31H43N5O7. The summed E-state index contributed by atoms with van der Waals surface area (Å²) < 4.78 is 16.1. The van der Waals surface area contributed by atoms with Crippen molar-refractivity contribution in [1.82, 2.24) is 26.0 Å². The fourth-order valence-electron chi connectivity index (χ4n) is 4.99. The molecule has 4 rings (SSSR count). The van der Waals surface area contributed by atoms with E-state index < -0.39 is 41.4 Å². The molecule has 0 radical (unpaired) electrons. The van der Waals surface area contributed by atoms with Crippen LogP contribution in [0.5, 0.6) is 0 Å². The lowest BCUT2D eigenvalue weighted by molar-refractivity contribution is -0.133. The predicted octanol–water partition coefficient (Wildman–Crippen LogP) is 1.63. The fraction of sp³-hybridized carbons (Fsp3) is 0.581. The van der Waals surface area contributed by atoms with Gasteiger partial charge < -0.3 is 29.9 Å². The molecule has 0 aliphatic carbocycles. The summed E-state index contributed by atoms with van der Waals surface area (Å²) >= 11 is 0. The van der Waals surface area contributed by atoms with Crippen molar-refractivity contribution in [3.8, 4) is 0 Å². The van der Waals surface area contributed by atoms with Crippen molar-refractivity contribution in [2.75, 3.05) is 32.9 Å². The van der Waals surface area contributed by atoms with Crippen molar-refractivity contribution in [3.05, 3.63) is 53.4 Å². The van der Waals surface area contributed by atoms with Crippen LogP contribution in [0, 0.1) is 5.92 Å². The van der Waals surface area contributed by atoms with Crippen molar-refractivity contribution in [1.29, 1.82) is 0 Å². The van der Waals surface area contributed by atoms with E-state index in [1.54, 1.807) is 19.9 Å². The van der Waals surface area contributed by atoms with Crippen molar-refractivity contribution in [3.63, 3.8) is 0 Å². The number of hydrogen-bond acceptors (Lipinski definition) is 9. The summed E-state index contributed by atoms with van der Waals surface area (Å²) in [4.78, 5) is 55.3. The Kier molecular flexibility index (Phi) is 11.1. The normalized spacial score (nSPS) is 20.6. The molecule has 3 amide bonds. The summed E-state index contributed by atoms with van der Waals surface area (Å²) in [5, 5.41) is 12.3. The number of benzene rings is 1. The van der Waals surface area contributed by atoms with Crippen LogP contribution >= 0.6 is 0 Å². The molecule has 43 heavy (non-hydrogen) atoms. The minimum atomic E-state index is -0.983. The van der Waals surface area contributed by atoms with Crippen LogP contribution in [0.25, 0.3) is 0 Å². The second-order valence-electron chi connectivity index (χ2n) is 11.8. The Morgan fingerprint density at radius 1 is 0.977 bits per heavy atom. The maximum Gasteiger partial charge on any atom is 0.274 e. The van der Waals surface area contributed by atoms with E-state index in [0.717, 1.165) is 18.7 Å². The standard InChI is InChI=1S/C31H43N5O7/c1-5-23(32-30(40)26-17-22(43-35-26)18-36-11-13-41-14-12-36)28(38)34-25(16-21-9-7-6-8-10-21)29(39)33-24(15-20(2)3)27(37)31(4)19-42-31/h6-10,17,20,23-25H,5,11-16,18-19H2,1-4H3,(H,32,40)(H,33,39)(H,34,38). The Morgan fingerprint density at radius 3 is 2.26 bits per heavy atom. The summed E-state index contributed by atoms with van der Waals surface area (Å²) in [6.07, 6.45) is 0.918. The average molecular weight is 598 g/mol. The fourth-order valence-corrected chi connectivity index (χ4v) is 4.99. The molecule has 4 atom stereocenters. The summed E-state index contributed by atoms with van der Waals surface area (Å²) in [7, 11) is 0. The number of hydrogen-bond donors (Lipinski definition) is 3. The number of ketones is 1. The van der Waals surface area contributed by atoms with Gasteiger partial charge in [0.25, 0.3) is 5.91 Å². The lowest BCUT2D eigenvalue weighted by Crippen LogP contribution is -2.57. The van der Waals surface area contributed by atoms with Crippen molar-refractivity contribution in [2.24, 2.45) is 5.92 Å². The first-order chi connectivity index (χ1) is 20.6. The number of carbonyl (C=O) groups is 4. The molecule has 1 aromatic heterocycles. The number of carbonyl (C=O) groups excluding carboxylic acids is 4. The van der Waals surface area contributed by atoms with Gasteiger partial charge in [0.15, 0.2) is 17.2 Å². The summed E-state index contributed by atoms with van der Waals surface area (Å²) in [6, 6.07) is 8.19. The first kappa shape index (κ1) is 32.3. The molecule has 12 nitrogen and oxygen atoms in total. The van der Waals surface area contributed by atoms with Gasteiger partial charge >= 0.3 is 0 Å². The third-order valence-corrected chi connectivity index (χ3v) is 7.66. The van der Waals surface area contributed by atoms with Crippen LogP contribution in [0.3, 0.4) is 0 Å². The maximum absolute atomic E-state index is 13.6. The number of nitrogens with one attached hydrogen (secondary N) is 3. The molecular weight excluding hydrogens is 554 g/mol. The SMILES string of the molecule is CCC(NC(=O)c1cc(CN2CCOCC2)on1)C(=O)NC(Cc1ccccc1)C(=O)NC(CC(C)C)C(=O)C1(C)CO1. The lowest BCUT2D eigenvalue weighted by atomic mass is 9.93. The number of Topliss-reactive ketones (excluding diaryl/α,β-unsaturated/α-hetero) is 1. The number of aromatic nitrogens is 1. The molecule has 2 aliphatic rings. The minimum Gasteiger partial charge on any atom is -0.379 e. The van der Waals surface area contributed by atoms with Crippen molar-refractivity contribution >= 4 is 23.5 Å². The van der Waals surface area contributed by atoms with Gasteiger partial charge in [0.2, 0.25) is 11.8 Å². The molecule has 4 unspecified atom stereocenters. The smallest absolute Gasteiger partial charge is 0.274 e. The van der Waals surface area contributed by atoms with Crippen molar-refractivity contribution in [2.45, 2.75) is 77.2 Å². The average Bonchev–Trinajstić information content (AvgIpc) is 3.57. The highest BCUT2D eigenvalue weighted by molar-refractivity contribution is 5.99. The van der Waals surface area contributed by atoms with Gasteiger partial charge in [-0.2, -0.15) is 0 Å². The van der Waals surface area contributed by atoms with E-state index in [4.69, 9.17) is 14.0 Å². The number of amides is 3.